The highest BCUT2D eigenvalue weighted by Gasteiger charge is 2.67. The number of nitrogens with one attached hydrogen (secondary N) is 1. The number of fused-ring (bicyclic) bond motifs is 4. The Morgan fingerprint density at radius 2 is 1.93 bits per heavy atom. The van der Waals surface area contributed by atoms with E-state index in [9.17, 15) is 9.59 Å². The van der Waals surface area contributed by atoms with Gasteiger partial charge in [0.25, 0.3) is 0 Å². The van der Waals surface area contributed by atoms with Gasteiger partial charge < -0.3 is 19.7 Å². The molecular formula is C21H25ClN2O4. The van der Waals surface area contributed by atoms with Crippen LogP contribution in [0.2, 0.25) is 5.02 Å². The van der Waals surface area contributed by atoms with E-state index in [0.29, 0.717) is 22.6 Å². The molecule has 6 nitrogen and oxygen atoms in total. The summed E-state index contributed by atoms with van der Waals surface area (Å²) in [5, 5.41) is 3.99. The van der Waals surface area contributed by atoms with E-state index in [1.54, 1.807) is 38.5 Å². The third kappa shape index (κ3) is 2.55. The highest BCUT2D eigenvalue weighted by atomic mass is 35.5. The number of methoxy groups -OCH3 is 2. The van der Waals surface area contributed by atoms with Crippen LogP contribution >= 0.6 is 11.6 Å². The van der Waals surface area contributed by atoms with Gasteiger partial charge in [-0.05, 0) is 37.6 Å². The number of hydrogen-bond donors (Lipinski definition) is 1. The van der Waals surface area contributed by atoms with Crippen molar-refractivity contribution in [1.82, 2.24) is 10.2 Å². The minimum atomic E-state index is -1.08. The second kappa shape index (κ2) is 6.87. The van der Waals surface area contributed by atoms with Gasteiger partial charge in [-0.1, -0.05) is 11.6 Å². The van der Waals surface area contributed by atoms with Crippen LogP contribution in [0.4, 0.5) is 0 Å². The number of benzene rings is 1. The summed E-state index contributed by atoms with van der Waals surface area (Å²) in [6, 6.07) is 6.83. The number of hydrogen-bond acceptors (Lipinski definition) is 6. The van der Waals surface area contributed by atoms with Crippen molar-refractivity contribution in [3.63, 3.8) is 0 Å². The Kier molecular flexibility index (Phi) is 4.76. The zero-order chi connectivity index (χ0) is 20.1. The molecule has 0 radical (unpaired) electrons. The zero-order valence-corrected chi connectivity index (χ0v) is 17.1. The SMILES string of the molecule is COC1(OC)[C@@H]2CC(=O)C[C@@]1(C)N1CCCNC1=C2C(=O)c1ccc(Cl)cc1. The van der Waals surface area contributed by atoms with Crippen LogP contribution in [0.3, 0.4) is 0 Å². The van der Waals surface area contributed by atoms with Gasteiger partial charge in [0.05, 0.1) is 11.5 Å². The lowest BCUT2D eigenvalue weighted by Gasteiger charge is -2.63. The first-order chi connectivity index (χ1) is 13.4. The summed E-state index contributed by atoms with van der Waals surface area (Å²) in [7, 11) is 3.19. The van der Waals surface area contributed by atoms with E-state index < -0.39 is 17.2 Å². The molecule has 0 amide bonds. The van der Waals surface area contributed by atoms with Crippen LogP contribution in [0.25, 0.3) is 0 Å². The van der Waals surface area contributed by atoms with Crippen LogP contribution in [-0.2, 0) is 14.3 Å². The molecule has 3 aliphatic rings. The predicted molar refractivity (Wildman–Crippen MR) is 105 cm³/mol. The third-order valence-electron chi connectivity index (χ3n) is 6.46. The monoisotopic (exact) mass is 404 g/mol. The summed E-state index contributed by atoms with van der Waals surface area (Å²) in [5.41, 5.74) is 0.390. The Balaban J connectivity index is 1.94. The van der Waals surface area contributed by atoms with Crippen molar-refractivity contribution in [1.29, 1.82) is 0 Å². The molecule has 1 saturated heterocycles. The fourth-order valence-electron chi connectivity index (χ4n) is 5.27. The van der Waals surface area contributed by atoms with Gasteiger partial charge in [0.15, 0.2) is 11.6 Å². The molecular weight excluding hydrogens is 380 g/mol. The topological polar surface area (TPSA) is 67.9 Å². The summed E-state index contributed by atoms with van der Waals surface area (Å²) in [6.07, 6.45) is 1.44. The number of nitrogens with zero attached hydrogens (tertiary/aromatic N) is 1. The lowest BCUT2D eigenvalue weighted by Crippen LogP contribution is -2.75. The molecule has 1 aromatic carbocycles. The second-order valence-corrected chi connectivity index (χ2v) is 8.29. The number of halogens is 1. The number of ether oxygens (including phenoxy) is 2. The van der Waals surface area contributed by atoms with E-state index in [2.05, 4.69) is 10.2 Å². The number of ketones is 2. The number of carbonyl (C=O) groups is 2. The maximum absolute atomic E-state index is 13.6. The third-order valence-corrected chi connectivity index (χ3v) is 6.71. The molecule has 0 unspecified atom stereocenters. The first kappa shape index (κ1) is 19.4. The van der Waals surface area contributed by atoms with Crippen LogP contribution in [-0.4, -0.2) is 55.1 Å². The molecule has 1 aromatic rings. The zero-order valence-electron chi connectivity index (χ0n) is 16.4. The quantitative estimate of drug-likeness (QED) is 0.614. The van der Waals surface area contributed by atoms with Gasteiger partial charge in [0.2, 0.25) is 0 Å². The Morgan fingerprint density at radius 3 is 2.57 bits per heavy atom. The van der Waals surface area contributed by atoms with Gasteiger partial charge in [-0.25, -0.2) is 0 Å². The highest BCUT2D eigenvalue weighted by molar-refractivity contribution is 6.30. The molecule has 1 N–H and O–H groups in total. The van der Waals surface area contributed by atoms with Crippen molar-refractivity contribution >= 4 is 23.2 Å². The molecule has 2 bridgehead atoms. The summed E-state index contributed by atoms with van der Waals surface area (Å²) in [6.45, 7) is 3.51. The Hall–Kier alpha value is -1.89. The normalized spacial score (nSPS) is 28.6. The van der Waals surface area contributed by atoms with E-state index in [-0.39, 0.29) is 18.0 Å². The Bertz CT molecular complexity index is 846. The molecule has 1 saturated carbocycles. The van der Waals surface area contributed by atoms with Crippen molar-refractivity contribution in [3.05, 3.63) is 46.2 Å². The van der Waals surface area contributed by atoms with Crippen LogP contribution < -0.4 is 5.32 Å². The number of carbonyl (C=O) groups excluding carboxylic acids is 2. The van der Waals surface area contributed by atoms with E-state index in [4.69, 9.17) is 21.1 Å². The van der Waals surface area contributed by atoms with Crippen LogP contribution in [0.5, 0.6) is 0 Å². The molecule has 2 aliphatic heterocycles. The van der Waals surface area contributed by atoms with E-state index in [1.165, 1.54) is 0 Å². The van der Waals surface area contributed by atoms with Gasteiger partial charge in [-0.3, -0.25) is 9.59 Å². The van der Waals surface area contributed by atoms with Crippen molar-refractivity contribution in [3.8, 4) is 0 Å². The molecule has 4 rings (SSSR count). The minimum Gasteiger partial charge on any atom is -0.371 e. The summed E-state index contributed by atoms with van der Waals surface area (Å²) in [5.74, 6) is -0.792. The molecule has 150 valence electrons. The average Bonchev–Trinajstić information content (AvgIpc) is 2.68. The van der Waals surface area contributed by atoms with Gasteiger partial charge in [0.1, 0.15) is 11.6 Å². The average molecular weight is 405 g/mol. The predicted octanol–water partition coefficient (Wildman–Crippen LogP) is 2.77. The minimum absolute atomic E-state index is 0.114. The standard InChI is InChI=1S/C21H25ClN2O4/c1-20-12-15(25)11-16(21(20,27-2)28-3)17(19-23-9-4-10-24(19)20)18(26)13-5-7-14(22)8-6-13/h5-8,16,23H,4,9-12H2,1-3H3/t16-,20-/m1/s1. The van der Waals surface area contributed by atoms with Crippen molar-refractivity contribution in [2.24, 2.45) is 5.92 Å². The summed E-state index contributed by atoms with van der Waals surface area (Å²) >= 11 is 6.00. The summed E-state index contributed by atoms with van der Waals surface area (Å²) < 4.78 is 12.0. The van der Waals surface area contributed by atoms with Gasteiger partial charge in [-0.2, -0.15) is 0 Å². The molecule has 1 aliphatic carbocycles. The van der Waals surface area contributed by atoms with Crippen LogP contribution in [0.1, 0.15) is 36.5 Å². The Labute approximate surface area is 169 Å². The van der Waals surface area contributed by atoms with Crippen molar-refractivity contribution < 1.29 is 19.1 Å². The first-order valence-corrected chi connectivity index (χ1v) is 9.93. The number of Topliss-reactive ketones (excluding diaryl/α,β-unsaturated/α-hetero) is 2. The smallest absolute Gasteiger partial charge is 0.199 e. The first-order valence-electron chi connectivity index (χ1n) is 9.56. The molecule has 2 fully saturated rings. The Morgan fingerprint density at radius 1 is 1.25 bits per heavy atom. The maximum atomic E-state index is 13.6. The van der Waals surface area contributed by atoms with E-state index in [1.807, 2.05) is 6.92 Å². The van der Waals surface area contributed by atoms with E-state index in [0.717, 1.165) is 25.3 Å². The molecule has 0 aromatic heterocycles. The highest BCUT2D eigenvalue weighted by Crippen LogP contribution is 2.55. The van der Waals surface area contributed by atoms with Gasteiger partial charge in [0, 0.05) is 56.3 Å². The molecule has 28 heavy (non-hydrogen) atoms. The van der Waals surface area contributed by atoms with Crippen molar-refractivity contribution in [2.45, 2.75) is 37.5 Å². The maximum Gasteiger partial charge on any atom is 0.199 e. The fourth-order valence-corrected chi connectivity index (χ4v) is 5.40. The number of rotatable bonds is 4. The lowest BCUT2D eigenvalue weighted by molar-refractivity contribution is -0.309. The fraction of sp³-hybridized carbons (Fsp3) is 0.524. The van der Waals surface area contributed by atoms with Crippen LogP contribution in [0, 0.1) is 5.92 Å². The molecule has 7 heteroatoms. The van der Waals surface area contributed by atoms with Crippen molar-refractivity contribution in [2.75, 3.05) is 27.3 Å². The van der Waals surface area contributed by atoms with E-state index >= 15 is 0 Å². The second-order valence-electron chi connectivity index (χ2n) is 7.85. The molecule has 0 spiro atoms. The van der Waals surface area contributed by atoms with Crippen LogP contribution in [0.15, 0.2) is 35.7 Å². The summed E-state index contributed by atoms with van der Waals surface area (Å²) in [4.78, 5) is 28.4. The molecule has 2 heterocycles. The van der Waals surface area contributed by atoms with Gasteiger partial charge in [-0.15, -0.1) is 0 Å². The van der Waals surface area contributed by atoms with Gasteiger partial charge >= 0.3 is 0 Å². The molecule has 2 atom stereocenters. The lowest BCUT2D eigenvalue weighted by atomic mass is 9.63. The largest absolute Gasteiger partial charge is 0.371 e.